The summed E-state index contributed by atoms with van der Waals surface area (Å²) in [5, 5.41) is 20.3. The van der Waals surface area contributed by atoms with E-state index in [2.05, 4.69) is 52.9 Å². The van der Waals surface area contributed by atoms with E-state index >= 15 is 0 Å². The highest BCUT2D eigenvalue weighted by Gasteiger charge is 2.36. The Labute approximate surface area is 188 Å². The van der Waals surface area contributed by atoms with Crippen LogP contribution in [0.2, 0.25) is 18.1 Å². The van der Waals surface area contributed by atoms with E-state index in [-0.39, 0.29) is 5.04 Å². The number of rotatable bonds is 17. The Morgan fingerprint density at radius 2 is 1.40 bits per heavy atom. The lowest BCUT2D eigenvalue weighted by Gasteiger charge is -2.36. The average Bonchev–Trinajstić information content (AvgIpc) is 2.66. The van der Waals surface area contributed by atoms with Crippen LogP contribution < -0.4 is 0 Å². The fourth-order valence-electron chi connectivity index (χ4n) is 2.77. The van der Waals surface area contributed by atoms with E-state index in [0.29, 0.717) is 0 Å². The summed E-state index contributed by atoms with van der Waals surface area (Å²) >= 11 is 0. The first-order valence-electron chi connectivity index (χ1n) is 12.1. The van der Waals surface area contributed by atoms with Crippen molar-refractivity contribution in [3.05, 3.63) is 36.5 Å². The van der Waals surface area contributed by atoms with Gasteiger partial charge in [-0.1, -0.05) is 89.8 Å². The molecule has 176 valence electrons. The fourth-order valence-corrected chi connectivity index (χ4v) is 3.86. The molecule has 4 heteroatoms. The van der Waals surface area contributed by atoms with Gasteiger partial charge in [0.25, 0.3) is 0 Å². The number of hydrogen-bond donors (Lipinski definition) is 2. The normalized spacial score (nSPS) is 15.6. The van der Waals surface area contributed by atoms with Crippen LogP contribution in [0.15, 0.2) is 36.5 Å². The van der Waals surface area contributed by atoms with Crippen molar-refractivity contribution in [3.8, 4) is 0 Å². The van der Waals surface area contributed by atoms with Crippen LogP contribution in [0.1, 0.15) is 91.9 Å². The van der Waals surface area contributed by atoms with Crippen LogP contribution in [0.5, 0.6) is 0 Å². The maximum Gasteiger partial charge on any atom is 0.191 e. The lowest BCUT2D eigenvalue weighted by atomic mass is 10.1. The van der Waals surface area contributed by atoms with Gasteiger partial charge >= 0.3 is 0 Å². The monoisotopic (exact) mass is 438 g/mol. The molecule has 0 heterocycles. The Morgan fingerprint density at radius 1 is 0.800 bits per heavy atom. The Balaban J connectivity index is 3.80. The van der Waals surface area contributed by atoms with Crippen molar-refractivity contribution in [1.29, 1.82) is 0 Å². The van der Waals surface area contributed by atoms with Crippen molar-refractivity contribution in [2.75, 3.05) is 6.61 Å². The molecule has 2 unspecified atom stereocenters. The maximum atomic E-state index is 10.1. The molecule has 0 aromatic carbocycles. The summed E-state index contributed by atoms with van der Waals surface area (Å²) < 4.78 is 6.19. The average molecular weight is 439 g/mol. The van der Waals surface area contributed by atoms with Gasteiger partial charge in [-0.05, 0) is 56.7 Å². The summed E-state index contributed by atoms with van der Waals surface area (Å²) in [7, 11) is -1.63. The molecular weight excluding hydrogens is 388 g/mol. The number of allylic oxidation sites excluding steroid dienone is 4. The molecule has 0 saturated carbocycles. The number of unbranched alkanes of at least 4 members (excludes halogenated alkanes) is 5. The Bertz CT molecular complexity index is 489. The zero-order chi connectivity index (χ0) is 22.9. The van der Waals surface area contributed by atoms with Gasteiger partial charge in [0, 0.05) is 6.61 Å². The number of aliphatic hydroxyl groups is 2. The Hall–Kier alpha value is -0.683. The molecule has 30 heavy (non-hydrogen) atoms. The minimum atomic E-state index is -1.63. The van der Waals surface area contributed by atoms with Gasteiger partial charge in [-0.25, -0.2) is 0 Å². The zero-order valence-electron chi connectivity index (χ0n) is 20.7. The first kappa shape index (κ1) is 29.3. The fraction of sp³-hybridized carbons (Fsp3) is 0.769. The molecule has 0 amide bonds. The summed E-state index contributed by atoms with van der Waals surface area (Å²) in [5.41, 5.74) is 0. The van der Waals surface area contributed by atoms with Crippen molar-refractivity contribution in [2.24, 2.45) is 0 Å². The molecule has 3 nitrogen and oxygen atoms in total. The highest BCUT2D eigenvalue weighted by molar-refractivity contribution is 6.74. The smallest absolute Gasteiger partial charge is 0.191 e. The topological polar surface area (TPSA) is 49.7 Å². The van der Waals surface area contributed by atoms with Crippen LogP contribution in [-0.4, -0.2) is 37.3 Å². The molecule has 0 fully saturated rings. The van der Waals surface area contributed by atoms with E-state index in [9.17, 15) is 10.2 Å². The SMILES string of the molecule is CCCCCC=CCCC(O)C=CC=CC(O)CCCCCO[Si](C)(C)C(C)(C)C. The second-order valence-corrected chi connectivity index (χ2v) is 14.7. The van der Waals surface area contributed by atoms with Crippen molar-refractivity contribution in [3.63, 3.8) is 0 Å². The molecule has 0 aliphatic heterocycles. The first-order valence-corrected chi connectivity index (χ1v) is 15.0. The standard InChI is InChI=1S/C26H50O3Si/c1-7-8-9-10-11-12-14-19-24(27)21-16-17-22-25(28)20-15-13-18-23-29-30(5,6)26(2,3)4/h11-12,16-17,21-22,24-25,27-28H,7-10,13-15,18-20,23H2,1-6H3. The third-order valence-corrected chi connectivity index (χ3v) is 10.5. The van der Waals surface area contributed by atoms with E-state index in [4.69, 9.17) is 4.43 Å². The molecular formula is C26H50O3Si. The van der Waals surface area contributed by atoms with E-state index in [1.807, 2.05) is 18.2 Å². The summed E-state index contributed by atoms with van der Waals surface area (Å²) in [6.45, 7) is 14.4. The number of aliphatic hydroxyl groups excluding tert-OH is 2. The molecule has 0 radical (unpaired) electrons. The molecule has 0 aliphatic rings. The molecule has 2 atom stereocenters. The van der Waals surface area contributed by atoms with Gasteiger partial charge in [0.05, 0.1) is 12.2 Å². The Morgan fingerprint density at radius 3 is 2.00 bits per heavy atom. The highest BCUT2D eigenvalue weighted by atomic mass is 28.4. The van der Waals surface area contributed by atoms with Gasteiger partial charge in [-0.15, -0.1) is 0 Å². The largest absolute Gasteiger partial charge is 0.417 e. The van der Waals surface area contributed by atoms with E-state index in [1.165, 1.54) is 19.3 Å². The molecule has 0 saturated heterocycles. The molecule has 2 N–H and O–H groups in total. The Kier molecular flexibility index (Phi) is 16.6. The second kappa shape index (κ2) is 16.9. The molecule has 0 aliphatic carbocycles. The van der Waals surface area contributed by atoms with Crippen molar-refractivity contribution < 1.29 is 14.6 Å². The summed E-state index contributed by atoms with van der Waals surface area (Å²) in [6.07, 6.45) is 21.4. The van der Waals surface area contributed by atoms with Crippen LogP contribution in [0.25, 0.3) is 0 Å². The van der Waals surface area contributed by atoms with Gasteiger partial charge in [-0.3, -0.25) is 0 Å². The summed E-state index contributed by atoms with van der Waals surface area (Å²) in [5.74, 6) is 0. The summed E-state index contributed by atoms with van der Waals surface area (Å²) in [6, 6.07) is 0. The number of hydrogen-bond acceptors (Lipinski definition) is 3. The van der Waals surface area contributed by atoms with Gasteiger partial charge in [0.1, 0.15) is 0 Å². The van der Waals surface area contributed by atoms with Crippen molar-refractivity contribution >= 4 is 8.32 Å². The van der Waals surface area contributed by atoms with Gasteiger partial charge in [0.15, 0.2) is 8.32 Å². The van der Waals surface area contributed by atoms with Gasteiger partial charge in [0.2, 0.25) is 0 Å². The predicted octanol–water partition coefficient (Wildman–Crippen LogP) is 7.32. The van der Waals surface area contributed by atoms with E-state index < -0.39 is 20.5 Å². The van der Waals surface area contributed by atoms with Crippen LogP contribution in [0.4, 0.5) is 0 Å². The molecule has 0 bridgehead atoms. The zero-order valence-corrected chi connectivity index (χ0v) is 21.7. The quantitative estimate of drug-likeness (QED) is 0.108. The minimum absolute atomic E-state index is 0.264. The van der Waals surface area contributed by atoms with Gasteiger partial charge < -0.3 is 14.6 Å². The van der Waals surface area contributed by atoms with Crippen molar-refractivity contribution in [2.45, 2.75) is 122 Å². The molecule has 0 spiro atoms. The molecule has 0 aromatic rings. The van der Waals surface area contributed by atoms with E-state index in [1.54, 1.807) is 6.08 Å². The molecule has 0 aromatic heterocycles. The lowest BCUT2D eigenvalue weighted by molar-refractivity contribution is 0.205. The predicted molar refractivity (Wildman–Crippen MR) is 134 cm³/mol. The van der Waals surface area contributed by atoms with E-state index in [0.717, 1.165) is 51.6 Å². The van der Waals surface area contributed by atoms with Crippen LogP contribution >= 0.6 is 0 Å². The van der Waals surface area contributed by atoms with Crippen LogP contribution in [-0.2, 0) is 4.43 Å². The minimum Gasteiger partial charge on any atom is -0.417 e. The van der Waals surface area contributed by atoms with Gasteiger partial charge in [-0.2, -0.15) is 0 Å². The second-order valence-electron chi connectivity index (χ2n) is 9.91. The third kappa shape index (κ3) is 16.1. The molecule has 0 rings (SSSR count). The van der Waals surface area contributed by atoms with Crippen LogP contribution in [0.3, 0.4) is 0 Å². The van der Waals surface area contributed by atoms with Crippen molar-refractivity contribution in [1.82, 2.24) is 0 Å². The maximum absolute atomic E-state index is 10.1. The lowest BCUT2D eigenvalue weighted by Crippen LogP contribution is -2.40. The first-order chi connectivity index (χ1) is 14.1. The third-order valence-electron chi connectivity index (χ3n) is 5.96. The summed E-state index contributed by atoms with van der Waals surface area (Å²) in [4.78, 5) is 0. The highest BCUT2D eigenvalue weighted by Crippen LogP contribution is 2.36. The van der Waals surface area contributed by atoms with Crippen LogP contribution in [0, 0.1) is 0 Å².